The van der Waals surface area contributed by atoms with E-state index in [0.717, 1.165) is 6.04 Å². The topological polar surface area (TPSA) is 0 Å². The summed E-state index contributed by atoms with van der Waals surface area (Å²) in [5.41, 5.74) is 0.527. The maximum atomic E-state index is 2.34. The Morgan fingerprint density at radius 3 is 1.78 bits per heavy atom. The summed E-state index contributed by atoms with van der Waals surface area (Å²) in [6, 6.07) is 0.861. The molecule has 1 saturated heterocycles. The lowest BCUT2D eigenvalue weighted by atomic mass is 9.80. The second kappa shape index (κ2) is 1.51. The van der Waals surface area contributed by atoms with Gasteiger partial charge in [0.25, 0.3) is 0 Å². The van der Waals surface area contributed by atoms with E-state index in [9.17, 15) is 0 Å². The minimum atomic E-state index is 0.527. The third-order valence-electron chi connectivity index (χ3n) is 3.46. The highest BCUT2D eigenvalue weighted by Gasteiger charge is 2.52. The molecule has 1 aliphatic heterocycles. The molecule has 1 heterocycles. The second-order valence-electron chi connectivity index (χ2n) is 4.41. The lowest BCUT2D eigenvalue weighted by molar-refractivity contribution is -1.00. The van der Waals surface area contributed by atoms with E-state index in [-0.39, 0.29) is 0 Å². The summed E-state index contributed by atoms with van der Waals surface area (Å²) in [4.78, 5) is 0. The van der Waals surface area contributed by atoms with Gasteiger partial charge >= 0.3 is 0 Å². The molecule has 1 fully saturated rings. The number of quaternary nitrogens is 1. The molecule has 0 radical (unpaired) electrons. The van der Waals surface area contributed by atoms with Crippen molar-refractivity contribution in [3.8, 4) is 0 Å². The molecular formula is C8H18N+. The Kier molecular flexibility index (Phi) is 1.19. The fraction of sp³-hybridized carbons (Fsp3) is 1.00. The largest absolute Gasteiger partial charge is 0.321 e. The summed E-state index contributed by atoms with van der Waals surface area (Å²) in [5.74, 6) is 0. The molecule has 0 amide bonds. The van der Waals surface area contributed by atoms with Crippen LogP contribution in [0.3, 0.4) is 0 Å². The number of likely N-dealkylation sites (tertiary alicyclic amines) is 1. The number of hydrogen-bond acceptors (Lipinski definition) is 0. The van der Waals surface area contributed by atoms with Gasteiger partial charge in [-0.05, 0) is 20.8 Å². The van der Waals surface area contributed by atoms with Gasteiger partial charge in [-0.1, -0.05) is 0 Å². The van der Waals surface area contributed by atoms with Crippen LogP contribution in [0.5, 0.6) is 0 Å². The molecule has 0 aliphatic carbocycles. The first-order valence-electron chi connectivity index (χ1n) is 3.72. The van der Waals surface area contributed by atoms with Crippen molar-refractivity contribution in [2.45, 2.75) is 38.8 Å². The van der Waals surface area contributed by atoms with Crippen LogP contribution in [0.2, 0.25) is 0 Å². The zero-order valence-corrected chi connectivity index (χ0v) is 7.23. The summed E-state index contributed by atoms with van der Waals surface area (Å²) in [6.45, 7) is 7.01. The molecule has 0 saturated carbocycles. The van der Waals surface area contributed by atoms with Crippen LogP contribution in [0.15, 0.2) is 0 Å². The van der Waals surface area contributed by atoms with Crippen LogP contribution >= 0.6 is 0 Å². The highest BCUT2D eigenvalue weighted by Crippen LogP contribution is 2.40. The quantitative estimate of drug-likeness (QED) is 0.435. The SMILES string of the molecule is CC1CC(C)(C)[N+]1(C)C. The molecular weight excluding hydrogens is 110 g/mol. The molecule has 1 heteroatoms. The molecule has 0 bridgehead atoms. The van der Waals surface area contributed by atoms with Gasteiger partial charge in [-0.25, -0.2) is 0 Å². The van der Waals surface area contributed by atoms with E-state index in [0.29, 0.717) is 5.54 Å². The van der Waals surface area contributed by atoms with E-state index < -0.39 is 0 Å². The van der Waals surface area contributed by atoms with E-state index in [1.807, 2.05) is 0 Å². The third-order valence-corrected chi connectivity index (χ3v) is 3.46. The van der Waals surface area contributed by atoms with Gasteiger partial charge < -0.3 is 4.48 Å². The van der Waals surface area contributed by atoms with Crippen LogP contribution in [0.4, 0.5) is 0 Å². The van der Waals surface area contributed by atoms with Crippen molar-refractivity contribution < 1.29 is 4.48 Å². The van der Waals surface area contributed by atoms with Gasteiger partial charge in [-0.3, -0.25) is 0 Å². The average molecular weight is 128 g/mol. The summed E-state index contributed by atoms with van der Waals surface area (Å²) < 4.78 is 1.19. The molecule has 9 heavy (non-hydrogen) atoms. The van der Waals surface area contributed by atoms with E-state index in [2.05, 4.69) is 34.9 Å². The van der Waals surface area contributed by atoms with Crippen molar-refractivity contribution in [3.63, 3.8) is 0 Å². The van der Waals surface area contributed by atoms with E-state index in [1.54, 1.807) is 0 Å². The fourth-order valence-electron chi connectivity index (χ4n) is 1.67. The van der Waals surface area contributed by atoms with Gasteiger partial charge in [-0.15, -0.1) is 0 Å². The van der Waals surface area contributed by atoms with E-state index in [4.69, 9.17) is 0 Å². The number of hydrogen-bond donors (Lipinski definition) is 0. The summed E-state index contributed by atoms with van der Waals surface area (Å²) in [7, 11) is 4.63. The first-order chi connectivity index (χ1) is 3.88. The Morgan fingerprint density at radius 1 is 1.33 bits per heavy atom. The van der Waals surface area contributed by atoms with Gasteiger partial charge in [0.15, 0.2) is 0 Å². The van der Waals surface area contributed by atoms with Gasteiger partial charge in [0, 0.05) is 0 Å². The zero-order valence-electron chi connectivity index (χ0n) is 7.23. The Labute approximate surface area is 58.3 Å². The van der Waals surface area contributed by atoms with Crippen LogP contribution in [-0.4, -0.2) is 30.2 Å². The zero-order chi connectivity index (χ0) is 7.28. The highest BCUT2D eigenvalue weighted by atomic mass is 15.4. The van der Waals surface area contributed by atoms with Crippen molar-refractivity contribution in [3.05, 3.63) is 0 Å². The predicted molar refractivity (Wildman–Crippen MR) is 40.3 cm³/mol. The number of nitrogens with zero attached hydrogens (tertiary/aromatic N) is 1. The smallest absolute Gasteiger partial charge is 0.0990 e. The third kappa shape index (κ3) is 0.710. The first-order valence-corrected chi connectivity index (χ1v) is 3.72. The highest BCUT2D eigenvalue weighted by molar-refractivity contribution is 4.83. The van der Waals surface area contributed by atoms with Crippen molar-refractivity contribution in [1.29, 1.82) is 0 Å². The van der Waals surface area contributed by atoms with Gasteiger partial charge in [0.1, 0.15) is 0 Å². The molecule has 0 aromatic heterocycles. The van der Waals surface area contributed by atoms with Gasteiger partial charge in [0.2, 0.25) is 0 Å². The molecule has 1 nitrogen and oxygen atoms in total. The molecule has 1 unspecified atom stereocenters. The molecule has 1 atom stereocenters. The van der Waals surface area contributed by atoms with Crippen LogP contribution in [0.25, 0.3) is 0 Å². The molecule has 0 N–H and O–H groups in total. The standard InChI is InChI=1S/C8H18N/c1-7-6-8(2,3)9(7,4)5/h7H,6H2,1-5H3/q+1. The van der Waals surface area contributed by atoms with E-state index >= 15 is 0 Å². The van der Waals surface area contributed by atoms with Gasteiger partial charge in [-0.2, -0.15) is 0 Å². The maximum absolute atomic E-state index is 2.34. The lowest BCUT2D eigenvalue weighted by Gasteiger charge is -2.58. The summed E-state index contributed by atoms with van der Waals surface area (Å²) >= 11 is 0. The maximum Gasteiger partial charge on any atom is 0.0990 e. The van der Waals surface area contributed by atoms with Crippen LogP contribution < -0.4 is 0 Å². The van der Waals surface area contributed by atoms with Crippen molar-refractivity contribution in [2.75, 3.05) is 14.1 Å². The van der Waals surface area contributed by atoms with E-state index in [1.165, 1.54) is 10.9 Å². The normalized spacial score (nSPS) is 37.7. The predicted octanol–water partition coefficient (Wildman–Crippen LogP) is 1.63. The van der Waals surface area contributed by atoms with Crippen molar-refractivity contribution >= 4 is 0 Å². The molecule has 1 aliphatic rings. The summed E-state index contributed by atoms with van der Waals surface area (Å²) in [5, 5.41) is 0. The van der Waals surface area contributed by atoms with Crippen LogP contribution in [0, 0.1) is 0 Å². The Balaban J connectivity index is 2.70. The second-order valence-corrected chi connectivity index (χ2v) is 4.41. The Hall–Kier alpha value is -0.0400. The fourth-order valence-corrected chi connectivity index (χ4v) is 1.67. The molecule has 0 aromatic rings. The minimum Gasteiger partial charge on any atom is -0.321 e. The molecule has 54 valence electrons. The monoisotopic (exact) mass is 128 g/mol. The lowest BCUT2D eigenvalue weighted by Crippen LogP contribution is -2.71. The van der Waals surface area contributed by atoms with Crippen molar-refractivity contribution in [2.24, 2.45) is 0 Å². The Bertz CT molecular complexity index is 125. The summed E-state index contributed by atoms with van der Waals surface area (Å²) in [6.07, 6.45) is 1.38. The minimum absolute atomic E-state index is 0.527. The van der Waals surface area contributed by atoms with Crippen LogP contribution in [-0.2, 0) is 0 Å². The average Bonchev–Trinajstić information content (AvgIpc) is 1.65. The number of rotatable bonds is 0. The van der Waals surface area contributed by atoms with Crippen LogP contribution in [0.1, 0.15) is 27.2 Å². The molecule has 0 aromatic carbocycles. The van der Waals surface area contributed by atoms with Gasteiger partial charge in [0.05, 0.1) is 32.1 Å². The first kappa shape index (κ1) is 7.07. The molecule has 0 spiro atoms. The molecule has 1 rings (SSSR count). The Morgan fingerprint density at radius 2 is 1.78 bits per heavy atom. The van der Waals surface area contributed by atoms with Crippen molar-refractivity contribution in [1.82, 2.24) is 0 Å².